The van der Waals surface area contributed by atoms with Gasteiger partial charge in [0.2, 0.25) is 11.8 Å². The van der Waals surface area contributed by atoms with Crippen molar-refractivity contribution < 1.29 is 19.1 Å². The summed E-state index contributed by atoms with van der Waals surface area (Å²) in [6, 6.07) is 7.95. The van der Waals surface area contributed by atoms with Crippen LogP contribution in [0.4, 0.5) is 0 Å². The zero-order valence-electron chi connectivity index (χ0n) is 12.8. The molecule has 1 unspecified atom stereocenters. The van der Waals surface area contributed by atoms with Gasteiger partial charge < -0.3 is 15.0 Å². The lowest BCUT2D eigenvalue weighted by molar-refractivity contribution is -0.141. The molecule has 1 fully saturated rings. The van der Waals surface area contributed by atoms with Crippen molar-refractivity contribution in [1.29, 1.82) is 0 Å². The summed E-state index contributed by atoms with van der Waals surface area (Å²) in [4.78, 5) is 36.7. The number of esters is 1. The Morgan fingerprint density at radius 3 is 2.64 bits per heavy atom. The van der Waals surface area contributed by atoms with Crippen LogP contribution in [0.1, 0.15) is 17.5 Å². The number of rotatable bonds is 5. The highest BCUT2D eigenvalue weighted by Crippen LogP contribution is 2.20. The molecular weight excluding hydrogens is 284 g/mol. The molecule has 22 heavy (non-hydrogen) atoms. The van der Waals surface area contributed by atoms with Gasteiger partial charge in [-0.3, -0.25) is 14.4 Å². The van der Waals surface area contributed by atoms with E-state index in [9.17, 15) is 14.4 Å². The molecule has 6 nitrogen and oxygen atoms in total. The van der Waals surface area contributed by atoms with Crippen LogP contribution in [0.5, 0.6) is 0 Å². The predicted molar refractivity (Wildman–Crippen MR) is 79.7 cm³/mol. The van der Waals surface area contributed by atoms with Crippen molar-refractivity contribution in [3.05, 3.63) is 35.4 Å². The first-order chi connectivity index (χ1) is 10.5. The van der Waals surface area contributed by atoms with Gasteiger partial charge in [0.15, 0.2) is 0 Å². The van der Waals surface area contributed by atoms with Gasteiger partial charge in [0.1, 0.15) is 6.54 Å². The molecule has 6 heteroatoms. The van der Waals surface area contributed by atoms with Crippen molar-refractivity contribution in [2.75, 3.05) is 20.2 Å². The molecule has 1 aliphatic heterocycles. The van der Waals surface area contributed by atoms with E-state index in [4.69, 9.17) is 0 Å². The van der Waals surface area contributed by atoms with Gasteiger partial charge in [-0.05, 0) is 12.5 Å². The number of likely N-dealkylation sites (tertiary alicyclic amines) is 1. The number of ether oxygens (including phenoxy) is 1. The second-order valence-electron chi connectivity index (χ2n) is 5.45. The maximum absolute atomic E-state index is 12.0. The minimum absolute atomic E-state index is 0.0428. The van der Waals surface area contributed by atoms with Gasteiger partial charge in [-0.1, -0.05) is 29.8 Å². The molecule has 0 spiro atoms. The molecule has 1 aliphatic rings. The average molecular weight is 304 g/mol. The third kappa shape index (κ3) is 4.07. The maximum atomic E-state index is 12.0. The highest BCUT2D eigenvalue weighted by Gasteiger charge is 2.34. The zero-order valence-corrected chi connectivity index (χ0v) is 12.8. The smallest absolute Gasteiger partial charge is 0.325 e. The molecule has 0 radical (unpaired) electrons. The van der Waals surface area contributed by atoms with Crippen LogP contribution in [0.15, 0.2) is 24.3 Å². The molecule has 118 valence electrons. The van der Waals surface area contributed by atoms with Crippen LogP contribution in [0.2, 0.25) is 0 Å². The third-order valence-electron chi connectivity index (χ3n) is 3.71. The Morgan fingerprint density at radius 2 is 2.00 bits per heavy atom. The van der Waals surface area contributed by atoms with Crippen LogP contribution in [0, 0.1) is 12.8 Å². The first-order valence-electron chi connectivity index (χ1n) is 7.17. The second kappa shape index (κ2) is 7.06. The number of aryl methyl sites for hydroxylation is 1. The predicted octanol–water partition coefficient (Wildman–Crippen LogP) is 0.633. The van der Waals surface area contributed by atoms with Crippen molar-refractivity contribution in [2.24, 2.45) is 5.92 Å². The van der Waals surface area contributed by atoms with E-state index in [1.165, 1.54) is 7.11 Å². The quantitative estimate of drug-likeness (QED) is 0.810. The summed E-state index contributed by atoms with van der Waals surface area (Å²) in [6.45, 7) is 2.71. The molecule has 1 saturated heterocycles. The Labute approximate surface area is 129 Å². The van der Waals surface area contributed by atoms with Crippen LogP contribution >= 0.6 is 0 Å². The van der Waals surface area contributed by atoms with Crippen molar-refractivity contribution >= 4 is 17.8 Å². The van der Waals surface area contributed by atoms with Gasteiger partial charge >= 0.3 is 5.97 Å². The molecule has 1 N–H and O–H groups in total. The minimum atomic E-state index is -0.505. The van der Waals surface area contributed by atoms with E-state index in [0.717, 1.165) is 11.1 Å². The molecule has 1 atom stereocenters. The van der Waals surface area contributed by atoms with Crippen molar-refractivity contribution in [2.45, 2.75) is 19.9 Å². The molecule has 2 rings (SSSR count). The lowest BCUT2D eigenvalue weighted by Crippen LogP contribution is -2.36. The number of carbonyl (C=O) groups is 3. The SMILES string of the molecule is COC(=O)CNC(=O)C1CC(=O)N(Cc2ccc(C)cc2)C1. The molecule has 0 bridgehead atoms. The molecular formula is C16H20N2O4. The second-order valence-corrected chi connectivity index (χ2v) is 5.45. The molecule has 0 aliphatic carbocycles. The Kier molecular flexibility index (Phi) is 5.14. The number of benzene rings is 1. The van der Waals surface area contributed by atoms with E-state index < -0.39 is 11.9 Å². The summed E-state index contributed by atoms with van der Waals surface area (Å²) in [5.41, 5.74) is 2.20. The van der Waals surface area contributed by atoms with E-state index in [0.29, 0.717) is 13.1 Å². The van der Waals surface area contributed by atoms with Crippen LogP contribution in [-0.4, -0.2) is 42.9 Å². The number of methoxy groups -OCH3 is 1. The topological polar surface area (TPSA) is 75.7 Å². The summed E-state index contributed by atoms with van der Waals surface area (Å²) in [5.74, 6) is -1.25. The van der Waals surface area contributed by atoms with E-state index in [1.54, 1.807) is 4.90 Å². The highest BCUT2D eigenvalue weighted by molar-refractivity contribution is 5.90. The first-order valence-corrected chi connectivity index (χ1v) is 7.17. The van der Waals surface area contributed by atoms with Crippen LogP contribution in [-0.2, 0) is 25.7 Å². The third-order valence-corrected chi connectivity index (χ3v) is 3.71. The van der Waals surface area contributed by atoms with Crippen molar-refractivity contribution in [3.63, 3.8) is 0 Å². The summed E-state index contributed by atoms with van der Waals surface area (Å²) < 4.78 is 4.46. The maximum Gasteiger partial charge on any atom is 0.325 e. The number of hydrogen-bond donors (Lipinski definition) is 1. The van der Waals surface area contributed by atoms with Crippen molar-refractivity contribution in [1.82, 2.24) is 10.2 Å². The van der Waals surface area contributed by atoms with Gasteiger partial charge in [-0.25, -0.2) is 0 Å². The monoisotopic (exact) mass is 304 g/mol. The first kappa shape index (κ1) is 16.0. The number of carbonyl (C=O) groups excluding carboxylic acids is 3. The minimum Gasteiger partial charge on any atom is -0.468 e. The van der Waals surface area contributed by atoms with Crippen molar-refractivity contribution in [3.8, 4) is 0 Å². The fourth-order valence-corrected chi connectivity index (χ4v) is 2.39. The fraction of sp³-hybridized carbons (Fsp3) is 0.438. The Bertz CT molecular complexity index is 568. The van der Waals surface area contributed by atoms with Gasteiger partial charge in [0, 0.05) is 19.5 Å². The van der Waals surface area contributed by atoms with Gasteiger partial charge in [-0.2, -0.15) is 0 Å². The number of nitrogens with zero attached hydrogens (tertiary/aromatic N) is 1. The molecule has 1 aromatic carbocycles. The van der Waals surface area contributed by atoms with Gasteiger partial charge in [-0.15, -0.1) is 0 Å². The highest BCUT2D eigenvalue weighted by atomic mass is 16.5. The fourth-order valence-electron chi connectivity index (χ4n) is 2.39. The molecule has 1 heterocycles. The molecule has 0 aromatic heterocycles. The van der Waals surface area contributed by atoms with Crippen LogP contribution in [0.3, 0.4) is 0 Å². The van der Waals surface area contributed by atoms with Crippen LogP contribution < -0.4 is 5.32 Å². The number of hydrogen-bond acceptors (Lipinski definition) is 4. The van der Waals surface area contributed by atoms with E-state index in [1.807, 2.05) is 31.2 Å². The lowest BCUT2D eigenvalue weighted by atomic mass is 10.1. The Balaban J connectivity index is 1.88. The molecule has 0 saturated carbocycles. The van der Waals surface area contributed by atoms with Crippen LogP contribution in [0.25, 0.3) is 0 Å². The van der Waals surface area contributed by atoms with Gasteiger partial charge in [0.25, 0.3) is 0 Å². The Morgan fingerprint density at radius 1 is 1.32 bits per heavy atom. The van der Waals surface area contributed by atoms with E-state index >= 15 is 0 Å². The average Bonchev–Trinajstić information content (AvgIpc) is 2.88. The number of amides is 2. The van der Waals surface area contributed by atoms with Gasteiger partial charge in [0.05, 0.1) is 13.0 Å². The summed E-state index contributed by atoms with van der Waals surface area (Å²) in [6.07, 6.45) is 0.179. The number of nitrogens with one attached hydrogen (secondary N) is 1. The Hall–Kier alpha value is -2.37. The molecule has 1 aromatic rings. The normalized spacial score (nSPS) is 17.5. The summed E-state index contributed by atoms with van der Waals surface area (Å²) >= 11 is 0. The zero-order chi connectivity index (χ0) is 16.1. The summed E-state index contributed by atoms with van der Waals surface area (Å²) in [5, 5.41) is 2.50. The van der Waals surface area contributed by atoms with E-state index in [2.05, 4.69) is 10.1 Å². The lowest BCUT2D eigenvalue weighted by Gasteiger charge is -2.16. The standard InChI is InChI=1S/C16H20N2O4/c1-11-3-5-12(6-4-11)9-18-10-13(7-14(18)19)16(21)17-8-15(20)22-2/h3-6,13H,7-10H2,1-2H3,(H,17,21). The largest absolute Gasteiger partial charge is 0.468 e. The molecule has 2 amide bonds. The van der Waals surface area contributed by atoms with E-state index in [-0.39, 0.29) is 24.8 Å². The summed E-state index contributed by atoms with van der Waals surface area (Å²) in [7, 11) is 1.26.